The predicted molar refractivity (Wildman–Crippen MR) is 71.3 cm³/mol. The van der Waals surface area contributed by atoms with Crippen molar-refractivity contribution in [1.82, 2.24) is 4.98 Å². The Morgan fingerprint density at radius 3 is 2.33 bits per heavy atom. The molecule has 108 valence electrons. The highest BCUT2D eigenvalue weighted by atomic mass is 19.4. The fourth-order valence-electron chi connectivity index (χ4n) is 1.47. The number of hydrogen-bond acceptors (Lipinski definition) is 3. The fraction of sp³-hybridized carbons (Fsp3) is 0.0667. The number of alkyl halides is 3. The highest BCUT2D eigenvalue weighted by Gasteiger charge is 2.41. The van der Waals surface area contributed by atoms with Crippen molar-refractivity contribution in [2.75, 3.05) is 0 Å². The van der Waals surface area contributed by atoms with Crippen LogP contribution in [0.2, 0.25) is 0 Å². The average Bonchev–Trinajstić information content (AvgIpc) is 2.46. The quantitative estimate of drug-likeness (QED) is 0.639. The molecule has 2 aromatic rings. The van der Waals surface area contributed by atoms with E-state index in [1.165, 1.54) is 12.1 Å². The zero-order valence-corrected chi connectivity index (χ0v) is 10.7. The molecule has 0 fully saturated rings. The number of carbonyl (C=O) groups is 1. The molecular formula is C15H10F3NO2. The summed E-state index contributed by atoms with van der Waals surface area (Å²) in [5.41, 5.74) is 1.50. The monoisotopic (exact) mass is 293 g/mol. The van der Waals surface area contributed by atoms with E-state index in [-0.39, 0.29) is 5.75 Å². The van der Waals surface area contributed by atoms with Gasteiger partial charge in [-0.05, 0) is 35.9 Å². The van der Waals surface area contributed by atoms with Crippen molar-refractivity contribution in [3.05, 3.63) is 59.9 Å². The molecule has 0 saturated carbocycles. The summed E-state index contributed by atoms with van der Waals surface area (Å²) >= 11 is 0. The van der Waals surface area contributed by atoms with Crippen molar-refractivity contribution in [1.29, 1.82) is 0 Å². The lowest BCUT2D eigenvalue weighted by atomic mass is 10.2. The van der Waals surface area contributed by atoms with Gasteiger partial charge in [0.05, 0.1) is 5.69 Å². The lowest BCUT2D eigenvalue weighted by Gasteiger charge is -2.06. The Labute approximate surface area is 118 Å². The number of carbonyl (C=O) groups excluding carboxylic acids is 1. The first-order valence-electron chi connectivity index (χ1n) is 5.93. The average molecular weight is 293 g/mol. The van der Waals surface area contributed by atoms with Crippen LogP contribution in [0.15, 0.2) is 48.7 Å². The number of rotatable bonds is 3. The van der Waals surface area contributed by atoms with Gasteiger partial charge in [0.2, 0.25) is 0 Å². The van der Waals surface area contributed by atoms with Gasteiger partial charge in [-0.1, -0.05) is 24.3 Å². The van der Waals surface area contributed by atoms with E-state index in [1.54, 1.807) is 36.5 Å². The van der Waals surface area contributed by atoms with E-state index in [1.807, 2.05) is 12.1 Å². The Bertz CT molecular complexity index is 634. The van der Waals surface area contributed by atoms with E-state index in [2.05, 4.69) is 9.72 Å². The number of ether oxygens (including phenoxy) is 1. The van der Waals surface area contributed by atoms with E-state index >= 15 is 0 Å². The Morgan fingerprint density at radius 1 is 1.05 bits per heavy atom. The second-order valence-corrected chi connectivity index (χ2v) is 4.04. The number of esters is 1. The highest BCUT2D eigenvalue weighted by molar-refractivity contribution is 5.78. The van der Waals surface area contributed by atoms with Gasteiger partial charge in [-0.25, -0.2) is 4.79 Å². The van der Waals surface area contributed by atoms with E-state index < -0.39 is 12.1 Å². The smallest absolute Gasteiger partial charge is 0.420 e. The molecule has 0 aliphatic heterocycles. The zero-order chi connectivity index (χ0) is 15.3. The van der Waals surface area contributed by atoms with Gasteiger partial charge >= 0.3 is 12.1 Å². The number of pyridine rings is 1. The largest absolute Gasteiger partial charge is 0.491 e. The van der Waals surface area contributed by atoms with Crippen molar-refractivity contribution in [2.24, 2.45) is 0 Å². The van der Waals surface area contributed by atoms with Crippen LogP contribution in [0.5, 0.6) is 5.75 Å². The first kappa shape index (κ1) is 14.8. The van der Waals surface area contributed by atoms with Crippen LogP contribution in [-0.4, -0.2) is 17.1 Å². The predicted octanol–water partition coefficient (Wildman–Crippen LogP) is 3.72. The number of halogens is 3. The van der Waals surface area contributed by atoms with Crippen LogP contribution in [0.4, 0.5) is 13.2 Å². The molecule has 21 heavy (non-hydrogen) atoms. The molecule has 0 unspecified atom stereocenters. The summed E-state index contributed by atoms with van der Waals surface area (Å²) in [7, 11) is 0. The molecule has 0 bridgehead atoms. The lowest BCUT2D eigenvalue weighted by molar-refractivity contribution is -0.189. The van der Waals surface area contributed by atoms with Gasteiger partial charge < -0.3 is 4.74 Å². The van der Waals surface area contributed by atoms with E-state index in [9.17, 15) is 18.0 Å². The third kappa shape index (κ3) is 4.45. The summed E-state index contributed by atoms with van der Waals surface area (Å²) in [4.78, 5) is 14.8. The Kier molecular flexibility index (Phi) is 4.37. The van der Waals surface area contributed by atoms with Crippen molar-refractivity contribution in [2.45, 2.75) is 6.18 Å². The standard InChI is InChI=1S/C15H10F3NO2/c16-15(17,18)14(20)21-13-8-5-11(6-9-13)4-7-12-3-1-2-10-19-12/h1-10H/b7-4+. The summed E-state index contributed by atoms with van der Waals surface area (Å²) in [6, 6.07) is 11.1. The fourth-order valence-corrected chi connectivity index (χ4v) is 1.47. The lowest BCUT2D eigenvalue weighted by Crippen LogP contribution is -2.27. The van der Waals surface area contributed by atoms with Crippen molar-refractivity contribution in [3.63, 3.8) is 0 Å². The number of hydrogen-bond donors (Lipinski definition) is 0. The van der Waals surface area contributed by atoms with Gasteiger partial charge in [-0.3, -0.25) is 4.98 Å². The summed E-state index contributed by atoms with van der Waals surface area (Å²) in [5, 5.41) is 0. The highest BCUT2D eigenvalue weighted by Crippen LogP contribution is 2.20. The molecule has 0 saturated heterocycles. The van der Waals surface area contributed by atoms with Crippen LogP contribution in [0.25, 0.3) is 12.2 Å². The van der Waals surface area contributed by atoms with Gasteiger partial charge in [0.25, 0.3) is 0 Å². The molecular weight excluding hydrogens is 283 g/mol. The summed E-state index contributed by atoms with van der Waals surface area (Å²) in [6.07, 6.45) is 0.158. The minimum atomic E-state index is -5.00. The van der Waals surface area contributed by atoms with Crippen LogP contribution in [0, 0.1) is 0 Å². The molecule has 6 heteroatoms. The molecule has 0 aliphatic carbocycles. The van der Waals surface area contributed by atoms with Crippen LogP contribution >= 0.6 is 0 Å². The van der Waals surface area contributed by atoms with Crippen LogP contribution in [0.3, 0.4) is 0 Å². The zero-order valence-electron chi connectivity index (χ0n) is 10.7. The summed E-state index contributed by atoms with van der Waals surface area (Å²) < 4.78 is 40.3. The third-order valence-corrected chi connectivity index (χ3v) is 2.46. The topological polar surface area (TPSA) is 39.2 Å². The van der Waals surface area contributed by atoms with Gasteiger partial charge in [0.1, 0.15) is 5.75 Å². The van der Waals surface area contributed by atoms with E-state index in [0.29, 0.717) is 0 Å². The second kappa shape index (κ2) is 6.21. The molecule has 0 aliphatic rings. The SMILES string of the molecule is O=C(Oc1ccc(/C=C/c2ccccn2)cc1)C(F)(F)F. The van der Waals surface area contributed by atoms with Gasteiger partial charge in [0.15, 0.2) is 0 Å². The van der Waals surface area contributed by atoms with E-state index in [0.717, 1.165) is 11.3 Å². The minimum Gasteiger partial charge on any atom is -0.420 e. The number of benzene rings is 1. The first-order valence-corrected chi connectivity index (χ1v) is 5.93. The maximum Gasteiger partial charge on any atom is 0.491 e. The minimum absolute atomic E-state index is 0.160. The molecule has 3 nitrogen and oxygen atoms in total. The molecule has 0 radical (unpaired) electrons. The molecule has 0 spiro atoms. The molecule has 2 rings (SSSR count). The van der Waals surface area contributed by atoms with Crippen LogP contribution < -0.4 is 4.74 Å². The maximum absolute atomic E-state index is 12.0. The molecule has 0 amide bonds. The summed E-state index contributed by atoms with van der Waals surface area (Å²) in [5.74, 6) is -2.40. The molecule has 0 N–H and O–H groups in total. The van der Waals surface area contributed by atoms with Crippen LogP contribution in [0.1, 0.15) is 11.3 Å². The molecule has 0 atom stereocenters. The van der Waals surface area contributed by atoms with E-state index in [4.69, 9.17) is 0 Å². The Morgan fingerprint density at radius 2 is 1.76 bits per heavy atom. The van der Waals surface area contributed by atoms with Crippen molar-refractivity contribution >= 4 is 18.1 Å². The summed E-state index contributed by atoms with van der Waals surface area (Å²) in [6.45, 7) is 0. The Hall–Kier alpha value is -2.63. The molecule has 1 aromatic carbocycles. The maximum atomic E-state index is 12.0. The second-order valence-electron chi connectivity index (χ2n) is 4.04. The third-order valence-electron chi connectivity index (χ3n) is 2.46. The van der Waals surface area contributed by atoms with Crippen molar-refractivity contribution < 1.29 is 22.7 Å². The van der Waals surface area contributed by atoms with Gasteiger partial charge in [0, 0.05) is 6.20 Å². The molecule has 1 aromatic heterocycles. The molecule has 1 heterocycles. The normalized spacial score (nSPS) is 11.6. The van der Waals surface area contributed by atoms with Gasteiger partial charge in [-0.15, -0.1) is 0 Å². The first-order chi connectivity index (χ1) is 9.95. The number of aromatic nitrogens is 1. The van der Waals surface area contributed by atoms with Crippen molar-refractivity contribution in [3.8, 4) is 5.75 Å². The van der Waals surface area contributed by atoms with Gasteiger partial charge in [-0.2, -0.15) is 13.2 Å². The van der Waals surface area contributed by atoms with Crippen LogP contribution in [-0.2, 0) is 4.79 Å². The Balaban J connectivity index is 2.03. The number of nitrogens with zero attached hydrogens (tertiary/aromatic N) is 1.